The van der Waals surface area contributed by atoms with Crippen molar-refractivity contribution in [1.29, 1.82) is 0 Å². The Kier molecular flexibility index (Phi) is 6.29. The number of carbonyl (C=O) groups is 3. The predicted molar refractivity (Wildman–Crippen MR) is 129 cm³/mol. The fourth-order valence-corrected chi connectivity index (χ4v) is 3.71. The highest BCUT2D eigenvalue weighted by atomic mass is 35.5. The van der Waals surface area contributed by atoms with E-state index >= 15 is 0 Å². The maximum atomic E-state index is 13.4. The van der Waals surface area contributed by atoms with Gasteiger partial charge in [-0.2, -0.15) is 0 Å². The molecule has 2 N–H and O–H groups in total. The molecule has 1 heterocycles. The second-order valence-electron chi connectivity index (χ2n) is 7.82. The van der Waals surface area contributed by atoms with Gasteiger partial charge in [0.15, 0.2) is 0 Å². The summed E-state index contributed by atoms with van der Waals surface area (Å²) in [4.78, 5) is 39.2. The Labute approximate surface area is 196 Å². The molecular formula is C26H22ClN3O3. The molecule has 1 aliphatic heterocycles. The zero-order valence-electron chi connectivity index (χ0n) is 18.2. The molecule has 0 aliphatic carbocycles. The van der Waals surface area contributed by atoms with Gasteiger partial charge in [-0.25, -0.2) is 0 Å². The van der Waals surface area contributed by atoms with Crippen LogP contribution >= 0.6 is 11.6 Å². The molecule has 33 heavy (non-hydrogen) atoms. The molecule has 0 radical (unpaired) electrons. The summed E-state index contributed by atoms with van der Waals surface area (Å²) >= 11 is 5.97. The number of rotatable bonds is 6. The van der Waals surface area contributed by atoms with Gasteiger partial charge in [-0.05, 0) is 54.4 Å². The van der Waals surface area contributed by atoms with Crippen LogP contribution in [0.25, 0.3) is 5.57 Å². The van der Waals surface area contributed by atoms with E-state index in [0.29, 0.717) is 27.5 Å². The number of halogens is 1. The SMILES string of the molecule is CC(=O)Nc1ccc(NC2=C(c3ccc(C)cc3)C(=O)N(Cc3ccc(Cl)cc3)C2=O)cc1. The summed E-state index contributed by atoms with van der Waals surface area (Å²) < 4.78 is 0. The van der Waals surface area contributed by atoms with Gasteiger partial charge in [-0.1, -0.05) is 53.6 Å². The van der Waals surface area contributed by atoms with Crippen molar-refractivity contribution in [3.05, 3.63) is 100 Å². The molecule has 0 atom stereocenters. The number of anilines is 2. The predicted octanol–water partition coefficient (Wildman–Crippen LogP) is 5.00. The Morgan fingerprint density at radius 2 is 1.45 bits per heavy atom. The minimum Gasteiger partial charge on any atom is -0.350 e. The van der Waals surface area contributed by atoms with Crippen molar-refractivity contribution in [3.8, 4) is 0 Å². The van der Waals surface area contributed by atoms with E-state index in [-0.39, 0.29) is 24.1 Å². The third-order valence-electron chi connectivity index (χ3n) is 5.24. The summed E-state index contributed by atoms with van der Waals surface area (Å²) in [6.07, 6.45) is 0. The lowest BCUT2D eigenvalue weighted by Crippen LogP contribution is -2.32. The van der Waals surface area contributed by atoms with Crippen LogP contribution in [-0.4, -0.2) is 22.6 Å². The largest absolute Gasteiger partial charge is 0.350 e. The topological polar surface area (TPSA) is 78.5 Å². The molecule has 1 aliphatic rings. The van der Waals surface area contributed by atoms with Crippen molar-refractivity contribution in [2.45, 2.75) is 20.4 Å². The van der Waals surface area contributed by atoms with Gasteiger partial charge < -0.3 is 10.6 Å². The number of nitrogens with zero attached hydrogens (tertiary/aromatic N) is 1. The highest BCUT2D eigenvalue weighted by molar-refractivity contribution is 6.36. The van der Waals surface area contributed by atoms with E-state index in [4.69, 9.17) is 11.6 Å². The lowest BCUT2D eigenvalue weighted by atomic mass is 10.0. The first-order chi connectivity index (χ1) is 15.8. The van der Waals surface area contributed by atoms with Crippen molar-refractivity contribution in [3.63, 3.8) is 0 Å². The minimum atomic E-state index is -0.406. The van der Waals surface area contributed by atoms with E-state index in [0.717, 1.165) is 11.1 Å². The maximum absolute atomic E-state index is 13.4. The van der Waals surface area contributed by atoms with E-state index < -0.39 is 5.91 Å². The number of hydrogen-bond acceptors (Lipinski definition) is 4. The standard InChI is InChI=1S/C26H22ClN3O3/c1-16-3-7-19(8-4-16)23-24(29-22-13-11-21(12-14-22)28-17(2)31)26(33)30(25(23)32)15-18-5-9-20(27)10-6-18/h3-14,29H,15H2,1-2H3,(H,28,31). The highest BCUT2D eigenvalue weighted by Crippen LogP contribution is 2.32. The number of hydrogen-bond donors (Lipinski definition) is 2. The van der Waals surface area contributed by atoms with Crippen LogP contribution < -0.4 is 10.6 Å². The van der Waals surface area contributed by atoms with Crippen molar-refractivity contribution < 1.29 is 14.4 Å². The Morgan fingerprint density at radius 3 is 2.06 bits per heavy atom. The normalized spacial score (nSPS) is 13.5. The fourth-order valence-electron chi connectivity index (χ4n) is 3.58. The summed E-state index contributed by atoms with van der Waals surface area (Å²) in [6.45, 7) is 3.53. The summed E-state index contributed by atoms with van der Waals surface area (Å²) in [5.41, 5.74) is 4.31. The van der Waals surface area contributed by atoms with Gasteiger partial charge in [0.1, 0.15) is 5.70 Å². The first-order valence-electron chi connectivity index (χ1n) is 10.4. The number of imide groups is 1. The first kappa shape index (κ1) is 22.3. The number of carbonyl (C=O) groups excluding carboxylic acids is 3. The zero-order valence-corrected chi connectivity index (χ0v) is 18.9. The van der Waals surface area contributed by atoms with Gasteiger partial charge in [0.05, 0.1) is 12.1 Å². The van der Waals surface area contributed by atoms with E-state index in [2.05, 4.69) is 10.6 Å². The van der Waals surface area contributed by atoms with Gasteiger partial charge in [-0.3, -0.25) is 19.3 Å². The summed E-state index contributed by atoms with van der Waals surface area (Å²) in [7, 11) is 0. The van der Waals surface area contributed by atoms with Crippen LogP contribution in [-0.2, 0) is 20.9 Å². The minimum absolute atomic E-state index is 0.136. The lowest BCUT2D eigenvalue weighted by molar-refractivity contribution is -0.137. The molecule has 4 rings (SSSR count). The monoisotopic (exact) mass is 459 g/mol. The number of amides is 3. The van der Waals surface area contributed by atoms with E-state index in [9.17, 15) is 14.4 Å². The summed E-state index contributed by atoms with van der Waals surface area (Å²) in [5.74, 6) is -0.942. The van der Waals surface area contributed by atoms with Crippen LogP contribution in [0.5, 0.6) is 0 Å². The average Bonchev–Trinajstić information content (AvgIpc) is 3.01. The second-order valence-corrected chi connectivity index (χ2v) is 8.26. The van der Waals surface area contributed by atoms with Crippen LogP contribution in [0.4, 0.5) is 11.4 Å². The molecule has 166 valence electrons. The Bertz CT molecular complexity index is 1250. The number of nitrogens with one attached hydrogen (secondary N) is 2. The summed E-state index contributed by atoms with van der Waals surface area (Å²) in [6, 6.07) is 21.5. The van der Waals surface area contributed by atoms with Gasteiger partial charge >= 0.3 is 0 Å². The quantitative estimate of drug-likeness (QED) is 0.508. The second kappa shape index (κ2) is 9.30. The third-order valence-corrected chi connectivity index (χ3v) is 5.49. The molecule has 7 heteroatoms. The summed E-state index contributed by atoms with van der Waals surface area (Å²) in [5, 5.41) is 6.41. The smallest absolute Gasteiger partial charge is 0.278 e. The maximum Gasteiger partial charge on any atom is 0.278 e. The van der Waals surface area contributed by atoms with Crippen molar-refractivity contribution in [1.82, 2.24) is 4.90 Å². The van der Waals surface area contributed by atoms with E-state index in [1.54, 1.807) is 48.5 Å². The molecule has 3 aromatic rings. The van der Waals surface area contributed by atoms with Gasteiger partial charge in [0.25, 0.3) is 11.8 Å². The average molecular weight is 460 g/mol. The van der Waals surface area contributed by atoms with Crippen LogP contribution in [0.1, 0.15) is 23.6 Å². The molecule has 0 bridgehead atoms. The van der Waals surface area contributed by atoms with Crippen LogP contribution in [0.2, 0.25) is 5.02 Å². The Hall–Kier alpha value is -3.90. The van der Waals surface area contributed by atoms with Crippen LogP contribution in [0.3, 0.4) is 0 Å². The molecule has 0 saturated carbocycles. The molecule has 6 nitrogen and oxygen atoms in total. The van der Waals surface area contributed by atoms with Gasteiger partial charge in [0.2, 0.25) is 5.91 Å². The van der Waals surface area contributed by atoms with Gasteiger partial charge in [0, 0.05) is 23.3 Å². The molecule has 3 aromatic carbocycles. The Balaban J connectivity index is 1.68. The lowest BCUT2D eigenvalue weighted by Gasteiger charge is -2.15. The Morgan fingerprint density at radius 1 is 0.848 bits per heavy atom. The van der Waals surface area contributed by atoms with Crippen molar-refractivity contribution in [2.24, 2.45) is 0 Å². The molecule has 0 spiro atoms. The van der Waals surface area contributed by atoms with E-state index in [1.165, 1.54) is 11.8 Å². The molecule has 0 fully saturated rings. The molecular weight excluding hydrogens is 438 g/mol. The number of aryl methyl sites for hydroxylation is 1. The van der Waals surface area contributed by atoms with Crippen LogP contribution in [0, 0.1) is 6.92 Å². The van der Waals surface area contributed by atoms with Crippen molar-refractivity contribution >= 4 is 46.3 Å². The van der Waals surface area contributed by atoms with Crippen molar-refractivity contribution in [2.75, 3.05) is 10.6 Å². The molecule has 0 unspecified atom stereocenters. The highest BCUT2D eigenvalue weighted by Gasteiger charge is 2.39. The third kappa shape index (κ3) is 4.96. The zero-order chi connectivity index (χ0) is 23.5. The van der Waals surface area contributed by atoms with Gasteiger partial charge in [-0.15, -0.1) is 0 Å². The molecule has 3 amide bonds. The molecule has 0 aromatic heterocycles. The van der Waals surface area contributed by atoms with E-state index in [1.807, 2.05) is 31.2 Å². The first-order valence-corrected chi connectivity index (χ1v) is 10.8. The number of benzene rings is 3. The van der Waals surface area contributed by atoms with Crippen LogP contribution in [0.15, 0.2) is 78.5 Å². The molecule has 0 saturated heterocycles. The fraction of sp³-hybridized carbons (Fsp3) is 0.115.